The molecule has 0 radical (unpaired) electrons. The normalized spacial score (nSPS) is 13.6. The van der Waals surface area contributed by atoms with Gasteiger partial charge in [0, 0.05) is 0 Å². The van der Waals surface area contributed by atoms with E-state index in [1.54, 1.807) is 0 Å². The van der Waals surface area contributed by atoms with Gasteiger partial charge in [-0.05, 0) is 26.4 Å². The molecule has 12 heavy (non-hydrogen) atoms. The van der Waals surface area contributed by atoms with Gasteiger partial charge in [0.2, 0.25) is 0 Å². The van der Waals surface area contributed by atoms with Crippen molar-refractivity contribution in [2.45, 2.75) is 26.3 Å². The van der Waals surface area contributed by atoms with E-state index in [4.69, 9.17) is 4.74 Å². The van der Waals surface area contributed by atoms with Crippen molar-refractivity contribution in [2.24, 2.45) is 5.92 Å². The molecular weight excluding hydrogens is 154 g/mol. The molecule has 0 saturated carbocycles. The Morgan fingerprint density at radius 1 is 1.42 bits per heavy atom. The van der Waals surface area contributed by atoms with Crippen molar-refractivity contribution in [1.82, 2.24) is 4.90 Å². The Hall–Kier alpha value is -0.570. The SMILES string of the molecule is COC(=O)C(CC(C)C)N(C)C. The molecule has 0 aromatic heterocycles. The van der Waals surface area contributed by atoms with E-state index in [0.717, 1.165) is 6.42 Å². The average molecular weight is 173 g/mol. The lowest BCUT2D eigenvalue weighted by Gasteiger charge is -2.23. The number of likely N-dealkylation sites (N-methyl/N-ethyl adjacent to an activating group) is 1. The van der Waals surface area contributed by atoms with E-state index in [2.05, 4.69) is 13.8 Å². The van der Waals surface area contributed by atoms with Gasteiger partial charge in [0.15, 0.2) is 0 Å². The van der Waals surface area contributed by atoms with E-state index in [9.17, 15) is 4.79 Å². The Labute approximate surface area is 74.7 Å². The summed E-state index contributed by atoms with van der Waals surface area (Å²) in [6, 6.07) is -0.102. The highest BCUT2D eigenvalue weighted by Gasteiger charge is 2.21. The summed E-state index contributed by atoms with van der Waals surface area (Å²) in [5.74, 6) is 0.366. The number of rotatable bonds is 4. The Morgan fingerprint density at radius 2 is 1.92 bits per heavy atom. The summed E-state index contributed by atoms with van der Waals surface area (Å²) < 4.78 is 4.69. The summed E-state index contributed by atoms with van der Waals surface area (Å²) in [7, 11) is 5.22. The first kappa shape index (κ1) is 11.4. The minimum Gasteiger partial charge on any atom is -0.468 e. The van der Waals surface area contributed by atoms with Gasteiger partial charge < -0.3 is 4.74 Å². The number of ether oxygens (including phenoxy) is 1. The van der Waals surface area contributed by atoms with Gasteiger partial charge in [-0.15, -0.1) is 0 Å². The van der Waals surface area contributed by atoms with Crippen LogP contribution in [-0.2, 0) is 9.53 Å². The zero-order valence-corrected chi connectivity index (χ0v) is 8.63. The average Bonchev–Trinajstić information content (AvgIpc) is 1.98. The van der Waals surface area contributed by atoms with Gasteiger partial charge in [0.25, 0.3) is 0 Å². The molecule has 0 rings (SSSR count). The molecule has 0 fully saturated rings. The Bertz CT molecular complexity index is 143. The van der Waals surface area contributed by atoms with Crippen molar-refractivity contribution in [1.29, 1.82) is 0 Å². The van der Waals surface area contributed by atoms with Crippen molar-refractivity contribution < 1.29 is 9.53 Å². The topological polar surface area (TPSA) is 29.5 Å². The maximum atomic E-state index is 11.2. The van der Waals surface area contributed by atoms with E-state index in [1.807, 2.05) is 19.0 Å². The van der Waals surface area contributed by atoms with Crippen molar-refractivity contribution in [3.05, 3.63) is 0 Å². The van der Waals surface area contributed by atoms with Crippen LogP contribution >= 0.6 is 0 Å². The maximum absolute atomic E-state index is 11.2. The van der Waals surface area contributed by atoms with Gasteiger partial charge in [-0.25, -0.2) is 0 Å². The molecule has 0 aliphatic heterocycles. The monoisotopic (exact) mass is 173 g/mol. The van der Waals surface area contributed by atoms with Gasteiger partial charge in [0.1, 0.15) is 6.04 Å². The van der Waals surface area contributed by atoms with E-state index >= 15 is 0 Å². The first-order valence-corrected chi connectivity index (χ1v) is 4.23. The first-order valence-electron chi connectivity index (χ1n) is 4.23. The van der Waals surface area contributed by atoms with Crippen LogP contribution in [0.15, 0.2) is 0 Å². The molecule has 0 amide bonds. The second-order valence-corrected chi connectivity index (χ2v) is 3.63. The lowest BCUT2D eigenvalue weighted by Crippen LogP contribution is -2.37. The standard InChI is InChI=1S/C9H19NO2/c1-7(2)6-8(10(3)4)9(11)12-5/h7-8H,6H2,1-5H3. The van der Waals surface area contributed by atoms with Crippen molar-refractivity contribution in [3.8, 4) is 0 Å². The highest BCUT2D eigenvalue weighted by molar-refractivity contribution is 5.75. The highest BCUT2D eigenvalue weighted by atomic mass is 16.5. The van der Waals surface area contributed by atoms with Crippen LogP contribution in [0.3, 0.4) is 0 Å². The zero-order valence-electron chi connectivity index (χ0n) is 8.63. The molecule has 0 spiro atoms. The van der Waals surface area contributed by atoms with Crippen molar-refractivity contribution in [2.75, 3.05) is 21.2 Å². The summed E-state index contributed by atoms with van der Waals surface area (Å²) in [6.45, 7) is 4.19. The fourth-order valence-corrected chi connectivity index (χ4v) is 1.10. The second kappa shape index (κ2) is 5.14. The maximum Gasteiger partial charge on any atom is 0.323 e. The molecule has 1 atom stereocenters. The van der Waals surface area contributed by atoms with Gasteiger partial charge >= 0.3 is 5.97 Å². The summed E-state index contributed by atoms with van der Waals surface area (Å²) in [4.78, 5) is 13.1. The lowest BCUT2D eigenvalue weighted by molar-refractivity contribution is -0.146. The number of hydrogen-bond donors (Lipinski definition) is 0. The molecule has 1 unspecified atom stereocenters. The summed E-state index contributed by atoms with van der Waals surface area (Å²) in [6.07, 6.45) is 0.847. The lowest BCUT2D eigenvalue weighted by atomic mass is 10.0. The predicted octanol–water partition coefficient (Wildman–Crippen LogP) is 1.14. The molecule has 72 valence electrons. The van der Waals surface area contributed by atoms with E-state index in [1.165, 1.54) is 7.11 Å². The minimum atomic E-state index is -0.145. The fraction of sp³-hybridized carbons (Fsp3) is 0.889. The number of carbonyl (C=O) groups is 1. The highest BCUT2D eigenvalue weighted by Crippen LogP contribution is 2.09. The van der Waals surface area contributed by atoms with Crippen LogP contribution in [0.25, 0.3) is 0 Å². The number of nitrogens with zero attached hydrogens (tertiary/aromatic N) is 1. The third-order valence-electron chi connectivity index (χ3n) is 1.79. The Morgan fingerprint density at radius 3 is 2.17 bits per heavy atom. The molecule has 3 nitrogen and oxygen atoms in total. The molecule has 0 aliphatic rings. The van der Waals surface area contributed by atoms with Gasteiger partial charge in [-0.1, -0.05) is 13.8 Å². The van der Waals surface area contributed by atoms with Crippen LogP contribution in [-0.4, -0.2) is 38.1 Å². The quantitative estimate of drug-likeness (QED) is 0.597. The van der Waals surface area contributed by atoms with Crippen LogP contribution in [0.1, 0.15) is 20.3 Å². The molecular formula is C9H19NO2. The molecule has 0 aromatic carbocycles. The van der Waals surface area contributed by atoms with Crippen LogP contribution < -0.4 is 0 Å². The van der Waals surface area contributed by atoms with Gasteiger partial charge in [-0.2, -0.15) is 0 Å². The van der Waals surface area contributed by atoms with Crippen LogP contribution in [0.4, 0.5) is 0 Å². The molecule has 3 heteroatoms. The number of hydrogen-bond acceptors (Lipinski definition) is 3. The molecule has 0 aromatic rings. The molecule has 0 saturated heterocycles. The van der Waals surface area contributed by atoms with E-state index < -0.39 is 0 Å². The second-order valence-electron chi connectivity index (χ2n) is 3.63. The van der Waals surface area contributed by atoms with E-state index in [-0.39, 0.29) is 12.0 Å². The van der Waals surface area contributed by atoms with Gasteiger partial charge in [0.05, 0.1) is 7.11 Å². The molecule has 0 bridgehead atoms. The van der Waals surface area contributed by atoms with Crippen molar-refractivity contribution in [3.63, 3.8) is 0 Å². The summed E-state index contributed by atoms with van der Waals surface area (Å²) in [5.41, 5.74) is 0. The third-order valence-corrected chi connectivity index (χ3v) is 1.79. The zero-order chi connectivity index (χ0) is 9.72. The van der Waals surface area contributed by atoms with Crippen LogP contribution in [0.5, 0.6) is 0 Å². The minimum absolute atomic E-state index is 0.102. The Balaban J connectivity index is 4.13. The Kier molecular flexibility index (Phi) is 4.90. The molecule has 0 N–H and O–H groups in total. The number of carbonyl (C=O) groups excluding carboxylic acids is 1. The largest absolute Gasteiger partial charge is 0.468 e. The van der Waals surface area contributed by atoms with Gasteiger partial charge in [-0.3, -0.25) is 9.69 Å². The summed E-state index contributed by atoms with van der Waals surface area (Å²) in [5, 5.41) is 0. The number of methoxy groups -OCH3 is 1. The smallest absolute Gasteiger partial charge is 0.323 e. The predicted molar refractivity (Wildman–Crippen MR) is 48.9 cm³/mol. The fourth-order valence-electron chi connectivity index (χ4n) is 1.10. The number of esters is 1. The van der Waals surface area contributed by atoms with Crippen LogP contribution in [0.2, 0.25) is 0 Å². The molecule has 0 aliphatic carbocycles. The van der Waals surface area contributed by atoms with Crippen LogP contribution in [0, 0.1) is 5.92 Å². The molecule has 0 heterocycles. The first-order chi connectivity index (χ1) is 5.49. The van der Waals surface area contributed by atoms with Crippen molar-refractivity contribution >= 4 is 5.97 Å². The third kappa shape index (κ3) is 3.72. The summed E-state index contributed by atoms with van der Waals surface area (Å²) >= 11 is 0. The van der Waals surface area contributed by atoms with E-state index in [0.29, 0.717) is 5.92 Å².